The van der Waals surface area contributed by atoms with E-state index in [1.165, 1.54) is 0 Å². The molecule has 0 aromatic rings. The van der Waals surface area contributed by atoms with Crippen molar-refractivity contribution < 1.29 is 8.78 Å². The van der Waals surface area contributed by atoms with Crippen molar-refractivity contribution in [2.24, 2.45) is 16.5 Å². The minimum absolute atomic E-state index is 0.0898. The Kier molecular flexibility index (Phi) is 2.35. The molecule has 1 rings (SSSR count). The Hall–Kier alpha value is -1.40. The van der Waals surface area contributed by atoms with Gasteiger partial charge in [0.05, 0.1) is 6.04 Å². The van der Waals surface area contributed by atoms with Gasteiger partial charge in [0, 0.05) is 12.8 Å². The van der Waals surface area contributed by atoms with E-state index in [1.54, 1.807) is 0 Å². The Morgan fingerprint density at radius 2 is 2.00 bits per heavy atom. The molecule has 5 nitrogen and oxygen atoms in total. The molecule has 0 unspecified atom stereocenters. The van der Waals surface area contributed by atoms with Gasteiger partial charge in [0.15, 0.2) is 11.9 Å². The summed E-state index contributed by atoms with van der Waals surface area (Å²) in [5, 5.41) is 8.99. The van der Waals surface area contributed by atoms with Crippen molar-refractivity contribution in [1.82, 2.24) is 5.32 Å². The summed E-state index contributed by atoms with van der Waals surface area (Å²) < 4.78 is 24.6. The van der Waals surface area contributed by atoms with Gasteiger partial charge in [-0.3, -0.25) is 10.7 Å². The third-order valence-electron chi connectivity index (χ3n) is 1.65. The summed E-state index contributed by atoms with van der Waals surface area (Å²) in [6.45, 7) is 0. The summed E-state index contributed by atoms with van der Waals surface area (Å²) in [5.41, 5.74) is 10.2. The summed E-state index contributed by atoms with van der Waals surface area (Å²) in [6.07, 6.45) is -0.569. The van der Waals surface area contributed by atoms with E-state index in [4.69, 9.17) is 16.9 Å². The van der Waals surface area contributed by atoms with Crippen LogP contribution in [0.5, 0.6) is 0 Å². The minimum Gasteiger partial charge on any atom is -0.370 e. The predicted molar refractivity (Wildman–Crippen MR) is 44.6 cm³/mol. The first-order chi connectivity index (χ1) is 5.89. The Bertz CT molecular complexity index is 241. The zero-order chi connectivity index (χ0) is 10.1. The van der Waals surface area contributed by atoms with Crippen LogP contribution in [0.2, 0.25) is 0 Å². The molecule has 1 aliphatic carbocycles. The SMILES string of the molecule is N=C(N)NC(N)=NC1CC(F)(F)C1. The second kappa shape index (κ2) is 3.15. The number of nitrogens with one attached hydrogen (secondary N) is 2. The number of rotatable bonds is 1. The highest BCUT2D eigenvalue weighted by atomic mass is 19.3. The minimum atomic E-state index is -2.61. The molecular weight excluding hydrogens is 180 g/mol. The van der Waals surface area contributed by atoms with Crippen LogP contribution < -0.4 is 16.8 Å². The maximum Gasteiger partial charge on any atom is 0.252 e. The fourth-order valence-electron chi connectivity index (χ4n) is 1.09. The van der Waals surface area contributed by atoms with E-state index in [0.717, 1.165) is 0 Å². The number of halogens is 2. The first kappa shape index (κ1) is 9.69. The zero-order valence-corrected chi connectivity index (χ0v) is 6.85. The first-order valence-corrected chi connectivity index (χ1v) is 3.71. The van der Waals surface area contributed by atoms with Crippen LogP contribution in [0.4, 0.5) is 8.78 Å². The summed E-state index contributed by atoms with van der Waals surface area (Å²) >= 11 is 0. The molecule has 0 bridgehead atoms. The highest BCUT2D eigenvalue weighted by Gasteiger charge is 2.45. The third kappa shape index (κ3) is 2.85. The number of hydrogen-bond donors (Lipinski definition) is 4. The molecule has 1 fully saturated rings. The second-order valence-corrected chi connectivity index (χ2v) is 2.97. The lowest BCUT2D eigenvalue weighted by Crippen LogP contribution is -2.45. The van der Waals surface area contributed by atoms with Crippen LogP contribution in [-0.2, 0) is 0 Å². The van der Waals surface area contributed by atoms with E-state index in [1.807, 2.05) is 0 Å². The molecule has 0 aromatic carbocycles. The first-order valence-electron chi connectivity index (χ1n) is 3.71. The monoisotopic (exact) mass is 191 g/mol. The van der Waals surface area contributed by atoms with Crippen molar-refractivity contribution in [3.05, 3.63) is 0 Å². The predicted octanol–water partition coefficient (Wildman–Crippen LogP) is -0.418. The van der Waals surface area contributed by atoms with Crippen molar-refractivity contribution in [2.45, 2.75) is 24.8 Å². The lowest BCUT2D eigenvalue weighted by atomic mass is 9.89. The molecule has 0 heterocycles. The molecule has 13 heavy (non-hydrogen) atoms. The fourth-order valence-corrected chi connectivity index (χ4v) is 1.09. The molecule has 74 valence electrons. The molecular formula is C6H11F2N5. The Morgan fingerprint density at radius 1 is 1.46 bits per heavy atom. The van der Waals surface area contributed by atoms with E-state index < -0.39 is 12.0 Å². The van der Waals surface area contributed by atoms with Crippen molar-refractivity contribution in [3.63, 3.8) is 0 Å². The number of nitrogens with zero attached hydrogens (tertiary/aromatic N) is 1. The van der Waals surface area contributed by atoms with Crippen molar-refractivity contribution in [1.29, 1.82) is 5.41 Å². The van der Waals surface area contributed by atoms with Gasteiger partial charge >= 0.3 is 0 Å². The Morgan fingerprint density at radius 3 is 2.38 bits per heavy atom. The number of aliphatic imine (C=N–C) groups is 1. The normalized spacial score (nSPS) is 22.2. The number of alkyl halides is 2. The van der Waals surface area contributed by atoms with Gasteiger partial charge in [0.25, 0.3) is 5.92 Å². The molecule has 1 aliphatic rings. The molecule has 1 saturated carbocycles. The highest BCUT2D eigenvalue weighted by Crippen LogP contribution is 2.39. The number of guanidine groups is 2. The van der Waals surface area contributed by atoms with E-state index in [9.17, 15) is 8.78 Å². The molecule has 0 amide bonds. The summed E-state index contributed by atoms with van der Waals surface area (Å²) in [7, 11) is 0. The van der Waals surface area contributed by atoms with Gasteiger partial charge in [-0.2, -0.15) is 0 Å². The molecule has 6 N–H and O–H groups in total. The van der Waals surface area contributed by atoms with Gasteiger partial charge in [0.2, 0.25) is 0 Å². The number of nitrogens with two attached hydrogens (primary N) is 2. The van der Waals surface area contributed by atoms with E-state index in [2.05, 4.69) is 10.3 Å². The second-order valence-electron chi connectivity index (χ2n) is 2.97. The highest BCUT2D eigenvalue weighted by molar-refractivity contribution is 5.95. The molecule has 7 heteroatoms. The van der Waals surface area contributed by atoms with Crippen LogP contribution >= 0.6 is 0 Å². The van der Waals surface area contributed by atoms with Gasteiger partial charge in [-0.15, -0.1) is 0 Å². The topological polar surface area (TPSA) is 100 Å². The fraction of sp³-hybridized carbons (Fsp3) is 0.667. The molecule has 0 saturated heterocycles. The van der Waals surface area contributed by atoms with E-state index in [-0.39, 0.29) is 24.8 Å². The summed E-state index contributed by atoms with van der Waals surface area (Å²) in [4.78, 5) is 3.70. The van der Waals surface area contributed by atoms with Gasteiger partial charge < -0.3 is 11.5 Å². The van der Waals surface area contributed by atoms with Crippen LogP contribution in [0.15, 0.2) is 4.99 Å². The van der Waals surface area contributed by atoms with Crippen molar-refractivity contribution >= 4 is 11.9 Å². The van der Waals surface area contributed by atoms with Crippen molar-refractivity contribution in [3.8, 4) is 0 Å². The standard InChI is InChI=1S/C6H11F2N5/c7-6(8)1-3(2-6)12-5(11)13-4(9)10/h3H,1-2H2,(H6,9,10,11,12,13). The van der Waals surface area contributed by atoms with Crippen LogP contribution in [0.3, 0.4) is 0 Å². The van der Waals surface area contributed by atoms with E-state index in [0.29, 0.717) is 0 Å². The maximum atomic E-state index is 12.3. The van der Waals surface area contributed by atoms with Crippen LogP contribution in [0.1, 0.15) is 12.8 Å². The van der Waals surface area contributed by atoms with Gasteiger partial charge in [-0.1, -0.05) is 0 Å². The maximum absolute atomic E-state index is 12.3. The van der Waals surface area contributed by atoms with E-state index >= 15 is 0 Å². The average Bonchev–Trinajstić information content (AvgIpc) is 1.79. The molecule has 0 radical (unpaired) electrons. The molecule has 0 aromatic heterocycles. The Balaban J connectivity index is 2.36. The third-order valence-corrected chi connectivity index (χ3v) is 1.65. The largest absolute Gasteiger partial charge is 0.370 e. The number of hydrogen-bond acceptors (Lipinski definition) is 2. The quantitative estimate of drug-likeness (QED) is 0.334. The molecule has 0 aliphatic heterocycles. The summed E-state index contributed by atoms with van der Waals surface area (Å²) in [5.74, 6) is -3.05. The Labute approximate surface area is 73.7 Å². The molecule has 0 spiro atoms. The zero-order valence-electron chi connectivity index (χ0n) is 6.85. The molecule has 0 atom stereocenters. The van der Waals surface area contributed by atoms with Crippen LogP contribution in [0.25, 0.3) is 0 Å². The van der Waals surface area contributed by atoms with Gasteiger partial charge in [-0.25, -0.2) is 13.8 Å². The lowest BCUT2D eigenvalue weighted by molar-refractivity contribution is -0.0834. The van der Waals surface area contributed by atoms with Crippen LogP contribution in [-0.4, -0.2) is 23.9 Å². The van der Waals surface area contributed by atoms with Gasteiger partial charge in [0.1, 0.15) is 0 Å². The lowest BCUT2D eigenvalue weighted by Gasteiger charge is -2.32. The van der Waals surface area contributed by atoms with Gasteiger partial charge in [-0.05, 0) is 0 Å². The average molecular weight is 191 g/mol. The van der Waals surface area contributed by atoms with Crippen molar-refractivity contribution in [2.75, 3.05) is 0 Å². The smallest absolute Gasteiger partial charge is 0.252 e. The summed E-state index contributed by atoms with van der Waals surface area (Å²) in [6, 6.07) is -0.457. The van der Waals surface area contributed by atoms with Crippen LogP contribution in [0, 0.1) is 5.41 Å².